The number of aromatic amines is 1. The highest BCUT2D eigenvalue weighted by molar-refractivity contribution is 6.03. The zero-order chi connectivity index (χ0) is 16.7. The summed E-state index contributed by atoms with van der Waals surface area (Å²) in [5.74, 6) is 1.32. The van der Waals surface area contributed by atoms with E-state index < -0.39 is 0 Å². The van der Waals surface area contributed by atoms with Crippen molar-refractivity contribution < 1.29 is 9.47 Å². The van der Waals surface area contributed by atoms with Crippen LogP contribution in [-0.4, -0.2) is 29.0 Å². The highest BCUT2D eigenvalue weighted by atomic mass is 16.5. The van der Waals surface area contributed by atoms with Crippen LogP contribution in [0, 0.1) is 0 Å². The molecule has 0 spiro atoms. The quantitative estimate of drug-likeness (QED) is 0.630. The molecule has 4 aromatic rings. The summed E-state index contributed by atoms with van der Waals surface area (Å²) in [7, 11) is 3.19. The Kier molecular flexibility index (Phi) is 3.23. The Morgan fingerprint density at radius 2 is 1.88 bits per heavy atom. The summed E-state index contributed by atoms with van der Waals surface area (Å²) in [5, 5.41) is 4.52. The Labute approximate surface area is 137 Å². The van der Waals surface area contributed by atoms with Crippen LogP contribution in [-0.2, 0) is 0 Å². The van der Waals surface area contributed by atoms with Crippen molar-refractivity contribution in [2.75, 3.05) is 14.2 Å². The number of ether oxygens (including phenoxy) is 2. The first-order valence-corrected chi connectivity index (χ1v) is 7.44. The van der Waals surface area contributed by atoms with Crippen molar-refractivity contribution in [3.05, 3.63) is 59.0 Å². The third-order valence-corrected chi connectivity index (χ3v) is 4.06. The van der Waals surface area contributed by atoms with Crippen molar-refractivity contribution in [3.63, 3.8) is 0 Å². The van der Waals surface area contributed by atoms with Gasteiger partial charge in [-0.3, -0.25) is 14.9 Å². The van der Waals surface area contributed by atoms with Gasteiger partial charge in [0.15, 0.2) is 0 Å². The van der Waals surface area contributed by atoms with E-state index in [2.05, 4.69) is 10.1 Å². The van der Waals surface area contributed by atoms with Crippen LogP contribution in [0.15, 0.2) is 53.5 Å². The van der Waals surface area contributed by atoms with Gasteiger partial charge in [-0.2, -0.15) is 0 Å². The van der Waals surface area contributed by atoms with Crippen molar-refractivity contribution in [2.45, 2.75) is 0 Å². The van der Waals surface area contributed by atoms with E-state index in [0.29, 0.717) is 22.6 Å². The van der Waals surface area contributed by atoms with E-state index in [9.17, 15) is 4.79 Å². The SMILES string of the molecule is COc1ccc2ncc3c(=O)n(-c4ccccc4OC)[nH]c3c2c1. The number of benzene rings is 2. The number of H-pyrrole nitrogens is 1. The summed E-state index contributed by atoms with van der Waals surface area (Å²) in [6, 6.07) is 12.9. The number of nitrogens with zero attached hydrogens (tertiary/aromatic N) is 2. The lowest BCUT2D eigenvalue weighted by atomic mass is 10.1. The smallest absolute Gasteiger partial charge is 0.280 e. The van der Waals surface area contributed by atoms with Crippen LogP contribution in [0.2, 0.25) is 0 Å². The number of para-hydroxylation sites is 2. The topological polar surface area (TPSA) is 69.1 Å². The van der Waals surface area contributed by atoms with Crippen LogP contribution in [0.4, 0.5) is 0 Å². The lowest BCUT2D eigenvalue weighted by Gasteiger charge is -2.07. The number of fused-ring (bicyclic) bond motifs is 3. The van der Waals surface area contributed by atoms with E-state index in [0.717, 1.165) is 16.4 Å². The first kappa shape index (κ1) is 14.3. The number of pyridine rings is 1. The Morgan fingerprint density at radius 1 is 1.04 bits per heavy atom. The maximum Gasteiger partial charge on any atom is 0.280 e. The fourth-order valence-corrected chi connectivity index (χ4v) is 2.85. The average Bonchev–Trinajstić information content (AvgIpc) is 2.98. The van der Waals surface area contributed by atoms with E-state index in [1.54, 1.807) is 20.4 Å². The summed E-state index contributed by atoms with van der Waals surface area (Å²) in [5.41, 5.74) is 1.98. The van der Waals surface area contributed by atoms with Gasteiger partial charge in [-0.1, -0.05) is 12.1 Å². The summed E-state index contributed by atoms with van der Waals surface area (Å²) in [4.78, 5) is 17.2. The third kappa shape index (κ3) is 2.04. The number of hydrogen-bond acceptors (Lipinski definition) is 4. The molecule has 120 valence electrons. The molecular weight excluding hydrogens is 306 g/mol. The largest absolute Gasteiger partial charge is 0.497 e. The minimum Gasteiger partial charge on any atom is -0.497 e. The monoisotopic (exact) mass is 321 g/mol. The summed E-state index contributed by atoms with van der Waals surface area (Å²) < 4.78 is 12.1. The molecule has 6 heteroatoms. The predicted molar refractivity (Wildman–Crippen MR) is 92.3 cm³/mol. The Hall–Kier alpha value is -3.28. The molecule has 0 amide bonds. The number of hydrogen-bond donors (Lipinski definition) is 1. The second-order valence-corrected chi connectivity index (χ2v) is 5.35. The molecule has 0 aliphatic heterocycles. The fraction of sp³-hybridized carbons (Fsp3) is 0.111. The summed E-state index contributed by atoms with van der Waals surface area (Å²) in [6.45, 7) is 0. The molecule has 0 radical (unpaired) electrons. The van der Waals surface area contributed by atoms with Gasteiger partial charge >= 0.3 is 0 Å². The molecule has 0 atom stereocenters. The van der Waals surface area contributed by atoms with Crippen molar-refractivity contribution >= 4 is 21.8 Å². The number of rotatable bonds is 3. The maximum atomic E-state index is 12.8. The second kappa shape index (κ2) is 5.42. The van der Waals surface area contributed by atoms with Crippen molar-refractivity contribution in [1.29, 1.82) is 0 Å². The number of nitrogens with one attached hydrogen (secondary N) is 1. The molecule has 2 heterocycles. The lowest BCUT2D eigenvalue weighted by Crippen LogP contribution is -2.15. The number of methoxy groups -OCH3 is 2. The van der Waals surface area contributed by atoms with Crippen molar-refractivity contribution in [1.82, 2.24) is 14.8 Å². The average molecular weight is 321 g/mol. The fourth-order valence-electron chi connectivity index (χ4n) is 2.85. The van der Waals surface area contributed by atoms with E-state index in [4.69, 9.17) is 9.47 Å². The second-order valence-electron chi connectivity index (χ2n) is 5.35. The van der Waals surface area contributed by atoms with Crippen LogP contribution >= 0.6 is 0 Å². The van der Waals surface area contributed by atoms with Crippen LogP contribution in [0.5, 0.6) is 11.5 Å². The van der Waals surface area contributed by atoms with Gasteiger partial charge in [0, 0.05) is 11.6 Å². The molecule has 2 aromatic heterocycles. The molecule has 0 saturated heterocycles. The van der Waals surface area contributed by atoms with Gasteiger partial charge in [-0.15, -0.1) is 0 Å². The van der Waals surface area contributed by atoms with Crippen LogP contribution in [0.1, 0.15) is 0 Å². The van der Waals surface area contributed by atoms with Gasteiger partial charge in [0.1, 0.15) is 17.2 Å². The predicted octanol–water partition coefficient (Wildman–Crippen LogP) is 2.88. The molecule has 0 aliphatic carbocycles. The Bertz CT molecular complexity index is 1110. The maximum absolute atomic E-state index is 12.8. The van der Waals surface area contributed by atoms with E-state index in [-0.39, 0.29) is 5.56 Å². The van der Waals surface area contributed by atoms with E-state index >= 15 is 0 Å². The first-order chi connectivity index (χ1) is 11.7. The molecule has 0 fully saturated rings. The van der Waals surface area contributed by atoms with Crippen LogP contribution < -0.4 is 15.0 Å². The van der Waals surface area contributed by atoms with Crippen LogP contribution in [0.25, 0.3) is 27.5 Å². The highest BCUT2D eigenvalue weighted by Crippen LogP contribution is 2.26. The molecule has 4 rings (SSSR count). The molecule has 0 unspecified atom stereocenters. The molecule has 6 nitrogen and oxygen atoms in total. The first-order valence-electron chi connectivity index (χ1n) is 7.44. The molecule has 1 N–H and O–H groups in total. The molecule has 0 bridgehead atoms. The van der Waals surface area contributed by atoms with Gasteiger partial charge in [-0.05, 0) is 30.3 Å². The minimum atomic E-state index is -0.174. The molecule has 2 aromatic carbocycles. The molecule has 24 heavy (non-hydrogen) atoms. The van der Waals surface area contributed by atoms with Crippen molar-refractivity contribution in [3.8, 4) is 17.2 Å². The van der Waals surface area contributed by atoms with Gasteiger partial charge in [0.25, 0.3) is 5.56 Å². The zero-order valence-corrected chi connectivity index (χ0v) is 13.2. The third-order valence-electron chi connectivity index (χ3n) is 4.06. The lowest BCUT2D eigenvalue weighted by molar-refractivity contribution is 0.411. The molecule has 0 saturated carbocycles. The molecule has 0 aliphatic rings. The summed E-state index contributed by atoms with van der Waals surface area (Å²) >= 11 is 0. The molecular formula is C18H15N3O3. The normalized spacial score (nSPS) is 11.1. The standard InChI is InChI=1S/C18H15N3O3/c1-23-11-7-8-14-12(9-11)17-13(10-19-14)18(22)21(20-17)15-5-3-4-6-16(15)24-2/h3-10,20H,1-2H3. The minimum absolute atomic E-state index is 0.174. The van der Waals surface area contributed by atoms with Gasteiger partial charge < -0.3 is 9.47 Å². The van der Waals surface area contributed by atoms with Crippen molar-refractivity contribution in [2.24, 2.45) is 0 Å². The summed E-state index contributed by atoms with van der Waals surface area (Å²) in [6.07, 6.45) is 1.59. The Morgan fingerprint density at radius 3 is 2.67 bits per heavy atom. The highest BCUT2D eigenvalue weighted by Gasteiger charge is 2.14. The van der Waals surface area contributed by atoms with Crippen LogP contribution in [0.3, 0.4) is 0 Å². The van der Waals surface area contributed by atoms with Gasteiger partial charge in [-0.25, -0.2) is 4.68 Å². The van der Waals surface area contributed by atoms with Gasteiger partial charge in [0.05, 0.1) is 30.6 Å². The zero-order valence-electron chi connectivity index (χ0n) is 13.2. The van der Waals surface area contributed by atoms with E-state index in [1.165, 1.54) is 4.68 Å². The number of aromatic nitrogens is 3. The van der Waals surface area contributed by atoms with E-state index in [1.807, 2.05) is 42.5 Å². The van der Waals surface area contributed by atoms with Gasteiger partial charge in [0.2, 0.25) is 0 Å². The Balaban J connectivity index is 2.07.